The van der Waals surface area contributed by atoms with Crippen molar-refractivity contribution >= 4 is 40.5 Å². The molecule has 0 aromatic heterocycles. The van der Waals surface area contributed by atoms with Gasteiger partial charge in [-0.25, -0.2) is 0 Å². The molecule has 1 aliphatic rings. The highest BCUT2D eigenvalue weighted by atomic mass is 35.5. The van der Waals surface area contributed by atoms with E-state index in [2.05, 4.69) is 18.9 Å². The standard InChI is InChI=1S/C13H14Cl2N2O/c1-8(2)5-10-7-13(18)17(16-10)12-4-3-9(14)6-11(12)15/h3-4,6,8H,5,7H2,1-2H3. The Balaban J connectivity index is 2.27. The second-order valence-corrected chi connectivity index (χ2v) is 5.59. The van der Waals surface area contributed by atoms with E-state index in [1.54, 1.807) is 18.2 Å². The lowest BCUT2D eigenvalue weighted by Crippen LogP contribution is -2.19. The maximum Gasteiger partial charge on any atom is 0.253 e. The Labute approximate surface area is 116 Å². The van der Waals surface area contributed by atoms with Gasteiger partial charge in [0.25, 0.3) is 5.91 Å². The highest BCUT2D eigenvalue weighted by Crippen LogP contribution is 2.31. The van der Waals surface area contributed by atoms with Gasteiger partial charge in [0.2, 0.25) is 0 Å². The fourth-order valence-corrected chi connectivity index (χ4v) is 2.40. The van der Waals surface area contributed by atoms with E-state index in [1.165, 1.54) is 5.01 Å². The molecule has 0 saturated heterocycles. The quantitative estimate of drug-likeness (QED) is 0.821. The molecule has 0 bridgehead atoms. The predicted molar refractivity (Wildman–Crippen MR) is 75.5 cm³/mol. The number of rotatable bonds is 3. The molecule has 1 aliphatic heterocycles. The Kier molecular flexibility index (Phi) is 3.93. The average molecular weight is 285 g/mol. The van der Waals surface area contributed by atoms with E-state index in [9.17, 15) is 4.79 Å². The average Bonchev–Trinajstić information content (AvgIpc) is 2.58. The Bertz CT molecular complexity index is 512. The highest BCUT2D eigenvalue weighted by Gasteiger charge is 2.26. The Hall–Kier alpha value is -1.06. The van der Waals surface area contributed by atoms with E-state index in [4.69, 9.17) is 23.2 Å². The van der Waals surface area contributed by atoms with Gasteiger partial charge in [-0.1, -0.05) is 37.0 Å². The lowest BCUT2D eigenvalue weighted by atomic mass is 10.1. The van der Waals surface area contributed by atoms with Crippen LogP contribution in [0.3, 0.4) is 0 Å². The fourth-order valence-electron chi connectivity index (χ4n) is 1.91. The van der Waals surface area contributed by atoms with Crippen molar-refractivity contribution in [2.45, 2.75) is 26.7 Å². The summed E-state index contributed by atoms with van der Waals surface area (Å²) in [5.74, 6) is 0.437. The fraction of sp³-hybridized carbons (Fsp3) is 0.385. The molecular weight excluding hydrogens is 271 g/mol. The largest absolute Gasteiger partial charge is 0.272 e. The van der Waals surface area contributed by atoms with Gasteiger partial charge < -0.3 is 0 Å². The number of benzene rings is 1. The summed E-state index contributed by atoms with van der Waals surface area (Å²) in [6, 6.07) is 5.03. The van der Waals surface area contributed by atoms with Gasteiger partial charge in [0.15, 0.2) is 0 Å². The summed E-state index contributed by atoms with van der Waals surface area (Å²) in [7, 11) is 0. The number of amides is 1. The first-order chi connectivity index (χ1) is 8.47. The van der Waals surface area contributed by atoms with E-state index < -0.39 is 0 Å². The topological polar surface area (TPSA) is 32.7 Å². The van der Waals surface area contributed by atoms with Crippen LogP contribution in [0.2, 0.25) is 10.0 Å². The molecule has 0 aliphatic carbocycles. The van der Waals surface area contributed by atoms with Gasteiger partial charge in [0.05, 0.1) is 17.1 Å². The summed E-state index contributed by atoms with van der Waals surface area (Å²) >= 11 is 11.9. The summed E-state index contributed by atoms with van der Waals surface area (Å²) < 4.78 is 0. The second-order valence-electron chi connectivity index (χ2n) is 4.74. The van der Waals surface area contributed by atoms with Crippen LogP contribution < -0.4 is 5.01 Å². The summed E-state index contributed by atoms with van der Waals surface area (Å²) in [6.45, 7) is 4.20. The molecule has 1 heterocycles. The van der Waals surface area contributed by atoms with Gasteiger partial charge >= 0.3 is 0 Å². The van der Waals surface area contributed by atoms with Crippen LogP contribution in [0.4, 0.5) is 5.69 Å². The molecule has 0 radical (unpaired) electrons. The van der Waals surface area contributed by atoms with Crippen molar-refractivity contribution in [2.24, 2.45) is 11.0 Å². The van der Waals surface area contributed by atoms with Crippen LogP contribution in [-0.4, -0.2) is 11.6 Å². The van der Waals surface area contributed by atoms with Crippen molar-refractivity contribution in [3.63, 3.8) is 0 Å². The van der Waals surface area contributed by atoms with Crippen molar-refractivity contribution in [3.05, 3.63) is 28.2 Å². The molecular formula is C13H14Cl2N2O. The molecule has 0 atom stereocenters. The van der Waals surface area contributed by atoms with Gasteiger partial charge in [0, 0.05) is 10.7 Å². The Morgan fingerprint density at radius 2 is 2.11 bits per heavy atom. The van der Waals surface area contributed by atoms with Crippen LogP contribution in [0, 0.1) is 5.92 Å². The van der Waals surface area contributed by atoms with E-state index in [0.29, 0.717) is 28.1 Å². The lowest BCUT2D eigenvalue weighted by Gasteiger charge is -2.13. The number of hydrogen-bond acceptors (Lipinski definition) is 2. The maximum atomic E-state index is 11.9. The minimum Gasteiger partial charge on any atom is -0.272 e. The molecule has 3 nitrogen and oxygen atoms in total. The van der Waals surface area contributed by atoms with E-state index in [0.717, 1.165) is 12.1 Å². The molecule has 0 spiro atoms. The minimum atomic E-state index is -0.0464. The molecule has 1 aromatic carbocycles. The number of hydrazone groups is 1. The van der Waals surface area contributed by atoms with Crippen molar-refractivity contribution in [1.29, 1.82) is 0 Å². The van der Waals surface area contributed by atoms with Gasteiger partial charge in [-0.05, 0) is 30.5 Å². The van der Waals surface area contributed by atoms with Gasteiger partial charge in [-0.3, -0.25) is 4.79 Å². The van der Waals surface area contributed by atoms with Crippen LogP contribution in [0.5, 0.6) is 0 Å². The molecule has 0 saturated carbocycles. The number of hydrogen-bond donors (Lipinski definition) is 0. The van der Waals surface area contributed by atoms with Crippen molar-refractivity contribution in [3.8, 4) is 0 Å². The third kappa shape index (κ3) is 2.85. The molecule has 1 amide bonds. The molecule has 0 N–H and O–H groups in total. The molecule has 18 heavy (non-hydrogen) atoms. The predicted octanol–water partition coefficient (Wildman–Crippen LogP) is 4.13. The molecule has 0 fully saturated rings. The van der Waals surface area contributed by atoms with Crippen molar-refractivity contribution in [1.82, 2.24) is 0 Å². The molecule has 96 valence electrons. The minimum absolute atomic E-state index is 0.0464. The van der Waals surface area contributed by atoms with Crippen LogP contribution in [-0.2, 0) is 4.79 Å². The molecule has 1 aromatic rings. The highest BCUT2D eigenvalue weighted by molar-refractivity contribution is 6.37. The normalized spacial score (nSPS) is 15.5. The number of halogens is 2. The monoisotopic (exact) mass is 284 g/mol. The zero-order valence-electron chi connectivity index (χ0n) is 10.3. The first kappa shape index (κ1) is 13.4. The second kappa shape index (κ2) is 5.29. The molecule has 2 rings (SSSR count). The molecule has 0 unspecified atom stereocenters. The first-order valence-electron chi connectivity index (χ1n) is 5.81. The summed E-state index contributed by atoms with van der Waals surface area (Å²) in [4.78, 5) is 11.9. The number of carbonyl (C=O) groups excluding carboxylic acids is 1. The third-order valence-corrected chi connectivity index (χ3v) is 3.15. The van der Waals surface area contributed by atoms with Crippen LogP contribution >= 0.6 is 23.2 Å². The summed E-state index contributed by atoms with van der Waals surface area (Å²) in [6.07, 6.45) is 1.20. The van der Waals surface area contributed by atoms with Crippen LogP contribution in [0.15, 0.2) is 23.3 Å². The van der Waals surface area contributed by atoms with Gasteiger partial charge in [-0.2, -0.15) is 10.1 Å². The SMILES string of the molecule is CC(C)CC1=NN(c2ccc(Cl)cc2Cl)C(=O)C1. The first-order valence-corrected chi connectivity index (χ1v) is 6.57. The van der Waals surface area contributed by atoms with E-state index in [-0.39, 0.29) is 5.91 Å². The Morgan fingerprint density at radius 1 is 1.39 bits per heavy atom. The van der Waals surface area contributed by atoms with Crippen molar-refractivity contribution < 1.29 is 4.79 Å². The van der Waals surface area contributed by atoms with Gasteiger partial charge in [-0.15, -0.1) is 0 Å². The zero-order chi connectivity index (χ0) is 13.3. The van der Waals surface area contributed by atoms with E-state index in [1.807, 2.05) is 0 Å². The number of carbonyl (C=O) groups is 1. The van der Waals surface area contributed by atoms with Crippen molar-refractivity contribution in [2.75, 3.05) is 5.01 Å². The maximum absolute atomic E-state index is 11.9. The summed E-state index contributed by atoms with van der Waals surface area (Å²) in [5, 5.41) is 6.69. The Morgan fingerprint density at radius 3 is 2.72 bits per heavy atom. The van der Waals surface area contributed by atoms with Crippen LogP contribution in [0.25, 0.3) is 0 Å². The number of nitrogens with zero attached hydrogens (tertiary/aromatic N) is 2. The van der Waals surface area contributed by atoms with Crippen LogP contribution in [0.1, 0.15) is 26.7 Å². The molecule has 5 heteroatoms. The summed E-state index contributed by atoms with van der Waals surface area (Å²) in [5.41, 5.74) is 1.49. The van der Waals surface area contributed by atoms with E-state index >= 15 is 0 Å². The zero-order valence-corrected chi connectivity index (χ0v) is 11.8. The smallest absolute Gasteiger partial charge is 0.253 e. The number of anilines is 1. The van der Waals surface area contributed by atoms with Gasteiger partial charge in [0.1, 0.15) is 0 Å². The third-order valence-electron chi connectivity index (χ3n) is 2.61. The lowest BCUT2D eigenvalue weighted by molar-refractivity contribution is -0.116.